The Labute approximate surface area is 121 Å². The Hall–Kier alpha value is -0.360. The zero-order valence-corrected chi connectivity index (χ0v) is 12.7. The Kier molecular flexibility index (Phi) is 6.53. The van der Waals surface area contributed by atoms with Crippen LogP contribution in [0.5, 0.6) is 0 Å². The van der Waals surface area contributed by atoms with Crippen LogP contribution in [0, 0.1) is 5.41 Å². The second-order valence-corrected chi connectivity index (χ2v) is 5.63. The first kappa shape index (κ1) is 16.7. The summed E-state index contributed by atoms with van der Waals surface area (Å²) in [5.74, 6) is 0.148. The van der Waals surface area contributed by atoms with Crippen molar-refractivity contribution in [1.29, 1.82) is 0 Å². The molecule has 2 aliphatic rings. The van der Waals surface area contributed by atoms with Gasteiger partial charge in [-0.25, -0.2) is 0 Å². The highest BCUT2D eigenvalue weighted by molar-refractivity contribution is 5.85. The van der Waals surface area contributed by atoms with Gasteiger partial charge in [-0.15, -0.1) is 12.4 Å². The summed E-state index contributed by atoms with van der Waals surface area (Å²) in [5.41, 5.74) is -0.355. The minimum absolute atomic E-state index is 0. The Morgan fingerprint density at radius 1 is 1.58 bits per heavy atom. The molecule has 1 amide bonds. The molecule has 2 N–H and O–H groups in total. The van der Waals surface area contributed by atoms with E-state index in [0.29, 0.717) is 12.6 Å². The van der Waals surface area contributed by atoms with Gasteiger partial charge < -0.3 is 20.3 Å². The number of halogens is 1. The van der Waals surface area contributed by atoms with Gasteiger partial charge in [0.1, 0.15) is 0 Å². The van der Waals surface area contributed by atoms with E-state index in [1.807, 2.05) is 0 Å². The summed E-state index contributed by atoms with van der Waals surface area (Å²) >= 11 is 0. The molecule has 2 saturated heterocycles. The Balaban J connectivity index is 0.00000180. The average Bonchev–Trinajstić information content (AvgIpc) is 2.97. The normalized spacial score (nSPS) is 31.2. The van der Waals surface area contributed by atoms with Gasteiger partial charge in [0.05, 0.1) is 12.0 Å². The van der Waals surface area contributed by atoms with Gasteiger partial charge in [-0.3, -0.25) is 4.79 Å². The third-order valence-electron chi connectivity index (χ3n) is 4.32. The predicted molar refractivity (Wildman–Crippen MR) is 77.7 cm³/mol. The van der Waals surface area contributed by atoms with E-state index in [4.69, 9.17) is 4.74 Å². The molecule has 2 aliphatic heterocycles. The zero-order chi connectivity index (χ0) is 13.0. The van der Waals surface area contributed by atoms with Gasteiger partial charge in [0.25, 0.3) is 0 Å². The molecule has 6 heteroatoms. The van der Waals surface area contributed by atoms with Crippen molar-refractivity contribution in [2.24, 2.45) is 5.41 Å². The predicted octanol–water partition coefficient (Wildman–Crippen LogP) is 0.245. The highest BCUT2D eigenvalue weighted by atomic mass is 35.5. The van der Waals surface area contributed by atoms with E-state index in [-0.39, 0.29) is 23.7 Å². The Bertz CT molecular complexity index is 296. The summed E-state index contributed by atoms with van der Waals surface area (Å²) in [6, 6.07) is 0.503. The third kappa shape index (κ3) is 3.81. The standard InChI is InChI=1S/C13H25N3O2.ClH/c1-16-7-3-4-11(16)8-15-12(17)13(10-18-2)5-6-14-9-13;/h11,14H,3-10H2,1-2H3,(H,15,17);1H. The van der Waals surface area contributed by atoms with Crippen LogP contribution >= 0.6 is 12.4 Å². The molecule has 2 atom stereocenters. The van der Waals surface area contributed by atoms with Crippen LogP contribution in [-0.4, -0.2) is 63.8 Å². The molecule has 0 aromatic carbocycles. The highest BCUT2D eigenvalue weighted by Gasteiger charge is 2.41. The molecule has 0 aromatic heterocycles. The fraction of sp³-hybridized carbons (Fsp3) is 0.923. The lowest BCUT2D eigenvalue weighted by atomic mass is 9.87. The van der Waals surface area contributed by atoms with Crippen LogP contribution in [0.3, 0.4) is 0 Å². The number of carbonyl (C=O) groups excluding carboxylic acids is 1. The molecule has 0 radical (unpaired) electrons. The number of methoxy groups -OCH3 is 1. The molecule has 0 aromatic rings. The third-order valence-corrected chi connectivity index (χ3v) is 4.32. The molecule has 0 spiro atoms. The number of hydrogen-bond donors (Lipinski definition) is 2. The van der Waals surface area contributed by atoms with Crippen LogP contribution in [0.15, 0.2) is 0 Å². The largest absolute Gasteiger partial charge is 0.384 e. The monoisotopic (exact) mass is 291 g/mol. The van der Waals surface area contributed by atoms with E-state index in [2.05, 4.69) is 22.6 Å². The summed E-state index contributed by atoms with van der Waals surface area (Å²) in [6.07, 6.45) is 3.29. The molecule has 0 bridgehead atoms. The van der Waals surface area contributed by atoms with Crippen molar-refractivity contribution in [1.82, 2.24) is 15.5 Å². The number of rotatable bonds is 5. The van der Waals surface area contributed by atoms with Gasteiger partial charge >= 0.3 is 0 Å². The van der Waals surface area contributed by atoms with Gasteiger partial charge in [0.2, 0.25) is 5.91 Å². The lowest BCUT2D eigenvalue weighted by Crippen LogP contribution is -2.48. The zero-order valence-electron chi connectivity index (χ0n) is 11.9. The highest BCUT2D eigenvalue weighted by Crippen LogP contribution is 2.26. The van der Waals surface area contributed by atoms with Gasteiger partial charge in [0, 0.05) is 26.2 Å². The number of likely N-dealkylation sites (N-methyl/N-ethyl adjacent to an activating group) is 1. The molecule has 2 heterocycles. The molecule has 19 heavy (non-hydrogen) atoms. The Morgan fingerprint density at radius 2 is 2.37 bits per heavy atom. The topological polar surface area (TPSA) is 53.6 Å². The number of carbonyl (C=O) groups is 1. The first-order valence-corrected chi connectivity index (χ1v) is 6.86. The van der Waals surface area contributed by atoms with Gasteiger partial charge in [-0.2, -0.15) is 0 Å². The SMILES string of the molecule is COCC1(C(=O)NCC2CCCN2C)CCNC1.Cl. The van der Waals surface area contributed by atoms with Crippen molar-refractivity contribution < 1.29 is 9.53 Å². The van der Waals surface area contributed by atoms with E-state index < -0.39 is 0 Å². The molecule has 2 fully saturated rings. The first-order valence-electron chi connectivity index (χ1n) is 6.86. The van der Waals surface area contributed by atoms with Crippen LogP contribution in [0.4, 0.5) is 0 Å². The Morgan fingerprint density at radius 3 is 2.89 bits per heavy atom. The summed E-state index contributed by atoms with van der Waals surface area (Å²) in [6.45, 7) is 4.05. The van der Waals surface area contributed by atoms with Crippen LogP contribution in [0.2, 0.25) is 0 Å². The van der Waals surface area contributed by atoms with E-state index in [0.717, 1.165) is 32.6 Å². The van der Waals surface area contributed by atoms with Crippen LogP contribution in [0.1, 0.15) is 19.3 Å². The van der Waals surface area contributed by atoms with Crippen molar-refractivity contribution in [3.05, 3.63) is 0 Å². The number of hydrogen-bond acceptors (Lipinski definition) is 4. The smallest absolute Gasteiger partial charge is 0.229 e. The molecule has 2 rings (SSSR count). The molecule has 0 saturated carbocycles. The minimum Gasteiger partial charge on any atom is -0.384 e. The lowest BCUT2D eigenvalue weighted by molar-refractivity contribution is -0.133. The molecule has 5 nitrogen and oxygen atoms in total. The average molecular weight is 292 g/mol. The maximum atomic E-state index is 12.4. The number of nitrogens with zero attached hydrogens (tertiary/aromatic N) is 1. The maximum Gasteiger partial charge on any atom is 0.229 e. The number of amides is 1. The molecule has 0 aliphatic carbocycles. The van der Waals surface area contributed by atoms with Crippen molar-refractivity contribution in [2.75, 3.05) is 46.9 Å². The van der Waals surface area contributed by atoms with E-state index >= 15 is 0 Å². The van der Waals surface area contributed by atoms with Gasteiger partial charge in [-0.05, 0) is 39.4 Å². The second-order valence-electron chi connectivity index (χ2n) is 5.63. The van der Waals surface area contributed by atoms with Crippen molar-refractivity contribution >= 4 is 18.3 Å². The summed E-state index contributed by atoms with van der Waals surface area (Å²) in [7, 11) is 3.80. The minimum atomic E-state index is -0.355. The second kappa shape index (κ2) is 7.43. The van der Waals surface area contributed by atoms with E-state index in [1.54, 1.807) is 7.11 Å². The lowest BCUT2D eigenvalue weighted by Gasteiger charge is -2.28. The molecular weight excluding hydrogens is 266 g/mol. The molecule has 112 valence electrons. The van der Waals surface area contributed by atoms with Gasteiger partial charge in [-0.1, -0.05) is 0 Å². The van der Waals surface area contributed by atoms with E-state index in [1.165, 1.54) is 12.8 Å². The van der Waals surface area contributed by atoms with Crippen LogP contribution < -0.4 is 10.6 Å². The van der Waals surface area contributed by atoms with Crippen molar-refractivity contribution in [3.63, 3.8) is 0 Å². The summed E-state index contributed by atoms with van der Waals surface area (Å²) < 4.78 is 5.23. The number of likely N-dealkylation sites (tertiary alicyclic amines) is 1. The molecule has 2 unspecified atom stereocenters. The van der Waals surface area contributed by atoms with Gasteiger partial charge in [0.15, 0.2) is 0 Å². The fourth-order valence-corrected chi connectivity index (χ4v) is 3.04. The van der Waals surface area contributed by atoms with E-state index in [9.17, 15) is 4.79 Å². The van der Waals surface area contributed by atoms with Crippen LogP contribution in [0.25, 0.3) is 0 Å². The fourth-order valence-electron chi connectivity index (χ4n) is 3.04. The van der Waals surface area contributed by atoms with Crippen molar-refractivity contribution in [2.45, 2.75) is 25.3 Å². The molecular formula is C13H26ClN3O2. The summed E-state index contributed by atoms with van der Waals surface area (Å²) in [4.78, 5) is 14.7. The summed E-state index contributed by atoms with van der Waals surface area (Å²) in [5, 5.41) is 6.39. The number of nitrogens with one attached hydrogen (secondary N) is 2. The quantitative estimate of drug-likeness (QED) is 0.762. The van der Waals surface area contributed by atoms with Crippen molar-refractivity contribution in [3.8, 4) is 0 Å². The van der Waals surface area contributed by atoms with Crippen LogP contribution in [-0.2, 0) is 9.53 Å². The first-order chi connectivity index (χ1) is 8.68. The number of ether oxygens (including phenoxy) is 1. The maximum absolute atomic E-state index is 12.4.